The Kier molecular flexibility index (Phi) is 31.1. The fraction of sp³-hybridized carbons (Fsp3) is 0.889. The van der Waals surface area contributed by atoms with Gasteiger partial charge in [-0.1, -0.05) is 135 Å². The molecule has 0 aliphatic heterocycles. The Morgan fingerprint density at radius 2 is 0.900 bits per heavy atom. The number of rotatable bonds is 32. The molecule has 0 spiro atoms. The number of hydrogen-bond donors (Lipinski definition) is 1. The molecule has 0 bridgehead atoms. The quantitative estimate of drug-likeness (QED) is 0.0501. The van der Waals surface area contributed by atoms with E-state index in [4.69, 9.17) is 9.84 Å². The molecule has 0 aromatic carbocycles. The highest BCUT2D eigenvalue weighted by atomic mass is 16.5. The summed E-state index contributed by atoms with van der Waals surface area (Å²) < 4.78 is 5.87. The van der Waals surface area contributed by atoms with Crippen molar-refractivity contribution >= 4 is 11.9 Å². The van der Waals surface area contributed by atoms with Crippen LogP contribution in [0.1, 0.15) is 200 Å². The third-order valence-electron chi connectivity index (χ3n) is 7.99. The van der Waals surface area contributed by atoms with Gasteiger partial charge in [0.15, 0.2) is 0 Å². The van der Waals surface area contributed by atoms with Crippen LogP contribution in [0.2, 0.25) is 0 Å². The molecule has 0 aliphatic carbocycles. The lowest BCUT2D eigenvalue weighted by Crippen LogP contribution is -2.18. The van der Waals surface area contributed by atoms with Crippen molar-refractivity contribution < 1.29 is 19.4 Å². The van der Waals surface area contributed by atoms with Gasteiger partial charge in [-0.2, -0.15) is 0 Å². The molecule has 0 aliphatic rings. The van der Waals surface area contributed by atoms with E-state index >= 15 is 0 Å². The molecule has 0 heterocycles. The van der Waals surface area contributed by atoms with Crippen LogP contribution in [0.5, 0.6) is 0 Å². The molecular weight excluding hydrogens is 496 g/mol. The van der Waals surface area contributed by atoms with Crippen molar-refractivity contribution in [3.8, 4) is 0 Å². The lowest BCUT2D eigenvalue weighted by molar-refractivity contribution is -0.150. The minimum absolute atomic E-state index is 0.0209. The number of unbranched alkanes of at least 4 members (excludes halogenated alkanes) is 21. The highest BCUT2D eigenvalue weighted by Gasteiger charge is 2.14. The average Bonchev–Trinajstić information content (AvgIpc) is 2.93. The first-order valence-electron chi connectivity index (χ1n) is 17.7. The zero-order valence-electron chi connectivity index (χ0n) is 26.9. The summed E-state index contributed by atoms with van der Waals surface area (Å²) in [6.45, 7) is 4.49. The third-order valence-corrected chi connectivity index (χ3v) is 7.99. The number of aliphatic carboxylic acids is 1. The maximum Gasteiger partial charge on any atom is 0.306 e. The van der Waals surface area contributed by atoms with Crippen molar-refractivity contribution in [2.24, 2.45) is 0 Å². The van der Waals surface area contributed by atoms with Crippen LogP contribution in [-0.2, 0) is 14.3 Å². The Morgan fingerprint density at radius 1 is 0.525 bits per heavy atom. The van der Waals surface area contributed by atoms with Gasteiger partial charge in [0, 0.05) is 12.8 Å². The molecule has 0 fully saturated rings. The molecule has 4 heteroatoms. The summed E-state index contributed by atoms with van der Waals surface area (Å²) in [7, 11) is 0. The van der Waals surface area contributed by atoms with Gasteiger partial charge in [0.1, 0.15) is 6.10 Å². The summed E-state index contributed by atoms with van der Waals surface area (Å²) in [6, 6.07) is 0. The number of carboxylic acid groups (broad SMARTS) is 1. The lowest BCUT2D eigenvalue weighted by atomic mass is 10.0. The highest BCUT2D eigenvalue weighted by Crippen LogP contribution is 2.18. The highest BCUT2D eigenvalue weighted by molar-refractivity contribution is 5.69. The molecule has 1 unspecified atom stereocenters. The minimum atomic E-state index is -0.713. The smallest absolute Gasteiger partial charge is 0.306 e. The van der Waals surface area contributed by atoms with Crippen molar-refractivity contribution in [2.75, 3.05) is 0 Å². The predicted octanol–water partition coefficient (Wildman–Crippen LogP) is 11.9. The van der Waals surface area contributed by atoms with Crippen molar-refractivity contribution in [1.82, 2.24) is 0 Å². The molecule has 0 aromatic rings. The van der Waals surface area contributed by atoms with Gasteiger partial charge in [-0.3, -0.25) is 9.59 Å². The Morgan fingerprint density at radius 3 is 1.38 bits per heavy atom. The Bertz CT molecular complexity index is 571. The monoisotopic (exact) mass is 565 g/mol. The van der Waals surface area contributed by atoms with Gasteiger partial charge in [-0.25, -0.2) is 0 Å². The largest absolute Gasteiger partial charge is 0.481 e. The molecule has 0 radical (unpaired) electrons. The zero-order valence-corrected chi connectivity index (χ0v) is 26.9. The van der Waals surface area contributed by atoms with E-state index in [1.54, 1.807) is 0 Å². The van der Waals surface area contributed by atoms with Crippen LogP contribution in [0.15, 0.2) is 12.2 Å². The third kappa shape index (κ3) is 31.2. The first-order chi connectivity index (χ1) is 19.6. The van der Waals surface area contributed by atoms with Gasteiger partial charge in [0.25, 0.3) is 0 Å². The maximum atomic E-state index is 12.4. The van der Waals surface area contributed by atoms with Gasteiger partial charge >= 0.3 is 11.9 Å². The number of hydrogen-bond acceptors (Lipinski definition) is 3. The summed E-state index contributed by atoms with van der Waals surface area (Å²) in [5.41, 5.74) is 0. The van der Waals surface area contributed by atoms with Gasteiger partial charge < -0.3 is 9.84 Å². The number of ether oxygens (including phenoxy) is 1. The van der Waals surface area contributed by atoms with Crippen LogP contribution in [0.3, 0.4) is 0 Å². The van der Waals surface area contributed by atoms with E-state index in [1.807, 2.05) is 0 Å². The summed E-state index contributed by atoms with van der Waals surface area (Å²) in [5.74, 6) is -0.734. The Hall–Kier alpha value is -1.32. The SMILES string of the molecule is CCCCCCCC/C=C\CCCCCCCCCCCC(=O)OC(CCCCCC)CCCCCCC(=O)O. The molecular formula is C36H68O4. The van der Waals surface area contributed by atoms with E-state index in [-0.39, 0.29) is 18.5 Å². The molecule has 0 aromatic heterocycles. The lowest BCUT2D eigenvalue weighted by Gasteiger charge is -2.18. The van der Waals surface area contributed by atoms with Crippen LogP contribution in [0.4, 0.5) is 0 Å². The average molecular weight is 565 g/mol. The minimum Gasteiger partial charge on any atom is -0.481 e. The Labute approximate surface area is 249 Å². The van der Waals surface area contributed by atoms with Crippen LogP contribution in [-0.4, -0.2) is 23.1 Å². The van der Waals surface area contributed by atoms with Crippen LogP contribution in [0, 0.1) is 0 Å². The van der Waals surface area contributed by atoms with Crippen molar-refractivity contribution in [2.45, 2.75) is 206 Å². The number of carbonyl (C=O) groups excluding carboxylic acids is 1. The van der Waals surface area contributed by atoms with Crippen molar-refractivity contribution in [1.29, 1.82) is 0 Å². The number of esters is 1. The molecule has 40 heavy (non-hydrogen) atoms. The summed E-state index contributed by atoms with van der Waals surface area (Å²) in [5, 5.41) is 8.76. The van der Waals surface area contributed by atoms with E-state index in [1.165, 1.54) is 116 Å². The van der Waals surface area contributed by atoms with Crippen LogP contribution >= 0.6 is 0 Å². The standard InChI is InChI=1S/C36H68O4/c1-3-5-7-9-10-11-12-13-14-15-16-17-18-19-20-21-22-23-29-33-36(39)40-34(30-26-8-6-4-2)31-27-24-25-28-32-35(37)38/h13-14,34H,3-12,15-33H2,1-2H3,(H,37,38)/b14-13-. The van der Waals surface area contributed by atoms with E-state index < -0.39 is 5.97 Å². The topological polar surface area (TPSA) is 63.6 Å². The molecule has 1 atom stereocenters. The van der Waals surface area contributed by atoms with E-state index in [0.717, 1.165) is 57.8 Å². The number of allylic oxidation sites excluding steroid dienone is 2. The fourth-order valence-electron chi connectivity index (χ4n) is 5.35. The maximum absolute atomic E-state index is 12.4. The van der Waals surface area contributed by atoms with Crippen molar-refractivity contribution in [3.05, 3.63) is 12.2 Å². The van der Waals surface area contributed by atoms with Crippen LogP contribution in [0.25, 0.3) is 0 Å². The second-order valence-corrected chi connectivity index (χ2v) is 12.1. The number of carboxylic acids is 1. The molecule has 0 amide bonds. The first-order valence-corrected chi connectivity index (χ1v) is 17.7. The molecule has 1 N–H and O–H groups in total. The molecule has 236 valence electrons. The summed E-state index contributed by atoms with van der Waals surface area (Å²) >= 11 is 0. The Balaban J connectivity index is 3.68. The van der Waals surface area contributed by atoms with Crippen LogP contribution < -0.4 is 0 Å². The first kappa shape index (κ1) is 38.7. The summed E-state index contributed by atoms with van der Waals surface area (Å²) in [6.07, 6.45) is 38.2. The van der Waals surface area contributed by atoms with Crippen molar-refractivity contribution in [3.63, 3.8) is 0 Å². The predicted molar refractivity (Wildman–Crippen MR) is 172 cm³/mol. The molecule has 0 saturated heterocycles. The number of carbonyl (C=O) groups is 2. The second-order valence-electron chi connectivity index (χ2n) is 12.1. The normalized spacial score (nSPS) is 12.2. The van der Waals surface area contributed by atoms with Gasteiger partial charge in [-0.15, -0.1) is 0 Å². The molecule has 0 saturated carbocycles. The summed E-state index contributed by atoms with van der Waals surface area (Å²) in [4.78, 5) is 23.1. The zero-order chi connectivity index (χ0) is 29.4. The van der Waals surface area contributed by atoms with E-state index in [9.17, 15) is 9.59 Å². The second kappa shape index (κ2) is 32.2. The molecule has 0 rings (SSSR count). The van der Waals surface area contributed by atoms with Gasteiger partial charge in [0.2, 0.25) is 0 Å². The van der Waals surface area contributed by atoms with E-state index in [0.29, 0.717) is 6.42 Å². The van der Waals surface area contributed by atoms with E-state index in [2.05, 4.69) is 26.0 Å². The van der Waals surface area contributed by atoms with Gasteiger partial charge in [0.05, 0.1) is 0 Å². The molecule has 4 nitrogen and oxygen atoms in total. The van der Waals surface area contributed by atoms with Gasteiger partial charge in [-0.05, 0) is 64.2 Å². The fourth-order valence-corrected chi connectivity index (χ4v) is 5.35.